The zero-order valence-corrected chi connectivity index (χ0v) is 14.6. The van der Waals surface area contributed by atoms with Gasteiger partial charge < -0.3 is 15.2 Å². The summed E-state index contributed by atoms with van der Waals surface area (Å²) in [5.74, 6) is 0.666. The van der Waals surface area contributed by atoms with Gasteiger partial charge >= 0.3 is 5.97 Å². The smallest absolute Gasteiger partial charge is 0.340 e. The SMILES string of the molecule is COC(=O)c1cc(Oc2ccc(Br)cc2Br)cc(C)c1N. The van der Waals surface area contributed by atoms with E-state index in [-0.39, 0.29) is 0 Å². The Morgan fingerprint density at radius 3 is 2.52 bits per heavy atom. The molecule has 0 spiro atoms. The normalized spacial score (nSPS) is 10.3. The van der Waals surface area contributed by atoms with E-state index in [4.69, 9.17) is 15.2 Å². The molecule has 2 N–H and O–H groups in total. The Balaban J connectivity index is 2.40. The van der Waals surface area contributed by atoms with Crippen molar-refractivity contribution in [1.29, 1.82) is 0 Å². The number of esters is 1. The fraction of sp³-hybridized carbons (Fsp3) is 0.133. The van der Waals surface area contributed by atoms with Crippen molar-refractivity contribution < 1.29 is 14.3 Å². The highest BCUT2D eigenvalue weighted by molar-refractivity contribution is 9.11. The molecule has 0 aliphatic rings. The molecule has 2 aromatic rings. The van der Waals surface area contributed by atoms with Gasteiger partial charge in [-0.1, -0.05) is 15.9 Å². The molecule has 2 rings (SSSR count). The van der Waals surface area contributed by atoms with Gasteiger partial charge in [-0.2, -0.15) is 0 Å². The van der Waals surface area contributed by atoms with Gasteiger partial charge in [0.05, 0.1) is 17.1 Å². The molecule has 0 amide bonds. The van der Waals surface area contributed by atoms with Crippen LogP contribution in [0, 0.1) is 6.92 Å². The lowest BCUT2D eigenvalue weighted by molar-refractivity contribution is 0.0601. The lowest BCUT2D eigenvalue weighted by Gasteiger charge is -2.12. The molecule has 2 aromatic carbocycles. The topological polar surface area (TPSA) is 61.5 Å². The fourth-order valence-electron chi connectivity index (χ4n) is 1.79. The minimum absolute atomic E-state index is 0.292. The average molecular weight is 415 g/mol. The Morgan fingerprint density at radius 1 is 1.19 bits per heavy atom. The first kappa shape index (κ1) is 15.9. The van der Waals surface area contributed by atoms with Crippen LogP contribution >= 0.6 is 31.9 Å². The molecule has 21 heavy (non-hydrogen) atoms. The maximum atomic E-state index is 11.7. The number of methoxy groups -OCH3 is 1. The predicted octanol–water partition coefficient (Wildman–Crippen LogP) is 4.68. The van der Waals surface area contributed by atoms with Gasteiger partial charge in [0.15, 0.2) is 0 Å². The van der Waals surface area contributed by atoms with Crippen molar-refractivity contribution in [2.24, 2.45) is 0 Å². The molecule has 0 saturated carbocycles. The first-order valence-electron chi connectivity index (χ1n) is 6.03. The standard InChI is InChI=1S/C15H13Br2NO3/c1-8-5-10(7-11(14(8)18)15(19)20-2)21-13-4-3-9(16)6-12(13)17/h3-7H,18H2,1-2H3. The maximum Gasteiger partial charge on any atom is 0.340 e. The molecule has 0 aliphatic heterocycles. The highest BCUT2D eigenvalue weighted by atomic mass is 79.9. The first-order valence-corrected chi connectivity index (χ1v) is 7.62. The molecule has 0 unspecified atom stereocenters. The zero-order valence-electron chi connectivity index (χ0n) is 11.4. The second-order valence-corrected chi connectivity index (χ2v) is 6.14. The van der Waals surface area contributed by atoms with Crippen LogP contribution in [-0.2, 0) is 4.74 Å². The van der Waals surface area contributed by atoms with Crippen LogP contribution in [0.4, 0.5) is 5.69 Å². The lowest BCUT2D eigenvalue weighted by atomic mass is 10.1. The van der Waals surface area contributed by atoms with Crippen molar-refractivity contribution >= 4 is 43.5 Å². The fourth-order valence-corrected chi connectivity index (χ4v) is 2.92. The summed E-state index contributed by atoms with van der Waals surface area (Å²) in [6.07, 6.45) is 0. The van der Waals surface area contributed by atoms with Crippen LogP contribution in [0.3, 0.4) is 0 Å². The van der Waals surface area contributed by atoms with Crippen molar-refractivity contribution in [3.63, 3.8) is 0 Å². The third-order valence-corrected chi connectivity index (χ3v) is 4.00. The number of halogens is 2. The maximum absolute atomic E-state index is 11.7. The Labute approximate surface area is 139 Å². The summed E-state index contributed by atoms with van der Waals surface area (Å²) in [4.78, 5) is 11.7. The van der Waals surface area contributed by atoms with E-state index in [2.05, 4.69) is 31.9 Å². The molecule has 0 aliphatic carbocycles. The Hall–Kier alpha value is -1.53. The van der Waals surface area contributed by atoms with Crippen molar-refractivity contribution in [2.75, 3.05) is 12.8 Å². The molecule has 0 heterocycles. The number of rotatable bonds is 3. The quantitative estimate of drug-likeness (QED) is 0.584. The van der Waals surface area contributed by atoms with Crippen molar-refractivity contribution in [3.05, 3.63) is 50.4 Å². The highest BCUT2D eigenvalue weighted by Crippen LogP contribution is 2.34. The summed E-state index contributed by atoms with van der Waals surface area (Å²) in [6.45, 7) is 1.81. The van der Waals surface area contributed by atoms with Gasteiger partial charge in [0.25, 0.3) is 0 Å². The molecular formula is C15H13Br2NO3. The van der Waals surface area contributed by atoms with Crippen LogP contribution in [0.15, 0.2) is 39.3 Å². The van der Waals surface area contributed by atoms with E-state index in [0.29, 0.717) is 22.7 Å². The second-order valence-electron chi connectivity index (χ2n) is 4.37. The highest BCUT2D eigenvalue weighted by Gasteiger charge is 2.15. The van der Waals surface area contributed by atoms with Crippen LogP contribution in [0.25, 0.3) is 0 Å². The number of benzene rings is 2. The molecule has 0 atom stereocenters. The summed E-state index contributed by atoms with van der Waals surface area (Å²) >= 11 is 6.81. The van der Waals surface area contributed by atoms with E-state index in [1.807, 2.05) is 25.1 Å². The average Bonchev–Trinajstić information content (AvgIpc) is 2.44. The van der Waals surface area contributed by atoms with Gasteiger partial charge in [-0.3, -0.25) is 0 Å². The molecule has 0 saturated heterocycles. The summed E-state index contributed by atoms with van der Waals surface area (Å²) < 4.78 is 12.3. The molecule has 0 aromatic heterocycles. The Bertz CT molecular complexity index is 702. The Kier molecular flexibility index (Phi) is 4.90. The van der Waals surface area contributed by atoms with E-state index >= 15 is 0 Å². The van der Waals surface area contributed by atoms with Gasteiger partial charge in [-0.05, 0) is 58.7 Å². The summed E-state index contributed by atoms with van der Waals surface area (Å²) in [5.41, 5.74) is 7.34. The molecule has 0 bridgehead atoms. The first-order chi connectivity index (χ1) is 9.92. The van der Waals surface area contributed by atoms with E-state index < -0.39 is 5.97 Å². The van der Waals surface area contributed by atoms with Gasteiger partial charge in [0.2, 0.25) is 0 Å². The van der Waals surface area contributed by atoms with Crippen LogP contribution in [0.2, 0.25) is 0 Å². The van der Waals surface area contributed by atoms with Gasteiger partial charge in [0, 0.05) is 10.2 Å². The monoisotopic (exact) mass is 413 g/mol. The molecule has 0 radical (unpaired) electrons. The van der Waals surface area contributed by atoms with Crippen molar-refractivity contribution in [3.8, 4) is 11.5 Å². The van der Waals surface area contributed by atoms with Crippen LogP contribution < -0.4 is 10.5 Å². The molecule has 110 valence electrons. The minimum atomic E-state index is -0.490. The number of carbonyl (C=O) groups excluding carboxylic acids is 1. The van der Waals surface area contributed by atoms with Gasteiger partial charge in [-0.15, -0.1) is 0 Å². The van der Waals surface area contributed by atoms with Crippen molar-refractivity contribution in [1.82, 2.24) is 0 Å². The molecule has 6 heteroatoms. The van der Waals surface area contributed by atoms with E-state index in [1.54, 1.807) is 12.1 Å². The summed E-state index contributed by atoms with van der Waals surface area (Å²) in [5, 5.41) is 0. The number of nitrogen functional groups attached to an aromatic ring is 1. The number of hydrogen-bond acceptors (Lipinski definition) is 4. The van der Waals surface area contributed by atoms with Crippen LogP contribution in [0.1, 0.15) is 15.9 Å². The molecule has 4 nitrogen and oxygen atoms in total. The van der Waals surface area contributed by atoms with E-state index in [1.165, 1.54) is 7.11 Å². The lowest BCUT2D eigenvalue weighted by Crippen LogP contribution is -2.07. The van der Waals surface area contributed by atoms with E-state index in [9.17, 15) is 4.79 Å². The van der Waals surface area contributed by atoms with Crippen LogP contribution in [0.5, 0.6) is 11.5 Å². The number of nitrogens with two attached hydrogens (primary N) is 1. The molecular weight excluding hydrogens is 402 g/mol. The largest absolute Gasteiger partial charge is 0.465 e. The second kappa shape index (κ2) is 6.49. The minimum Gasteiger partial charge on any atom is -0.465 e. The van der Waals surface area contributed by atoms with Gasteiger partial charge in [0.1, 0.15) is 11.5 Å². The third-order valence-electron chi connectivity index (χ3n) is 2.89. The zero-order chi connectivity index (χ0) is 15.6. The molecule has 0 fully saturated rings. The number of ether oxygens (including phenoxy) is 2. The number of carbonyl (C=O) groups is 1. The summed E-state index contributed by atoms with van der Waals surface area (Å²) in [6, 6.07) is 8.91. The van der Waals surface area contributed by atoms with E-state index in [0.717, 1.165) is 14.5 Å². The van der Waals surface area contributed by atoms with Crippen molar-refractivity contribution in [2.45, 2.75) is 6.92 Å². The summed E-state index contributed by atoms with van der Waals surface area (Å²) in [7, 11) is 1.32. The van der Waals surface area contributed by atoms with Gasteiger partial charge in [-0.25, -0.2) is 4.79 Å². The predicted molar refractivity (Wildman–Crippen MR) is 88.8 cm³/mol. The number of anilines is 1. The third kappa shape index (κ3) is 3.57. The Morgan fingerprint density at radius 2 is 1.90 bits per heavy atom. The number of hydrogen-bond donors (Lipinski definition) is 1. The number of aryl methyl sites for hydroxylation is 1. The van der Waals surface area contributed by atoms with Crippen LogP contribution in [-0.4, -0.2) is 13.1 Å².